The number of unbranched alkanes of at least 4 members (excludes halogenated alkanes) is 1. The number of carboxylic acid groups (broad SMARTS) is 2. The van der Waals surface area contributed by atoms with Gasteiger partial charge in [-0.2, -0.15) is 0 Å². The third-order valence-electron chi connectivity index (χ3n) is 4.15. The summed E-state index contributed by atoms with van der Waals surface area (Å²) in [6.45, 7) is 0.661. The maximum absolute atomic E-state index is 12.5. The molecule has 13 heteroatoms. The lowest BCUT2D eigenvalue weighted by Crippen LogP contribution is -2.54. The number of amides is 2. The van der Waals surface area contributed by atoms with E-state index in [4.69, 9.17) is 28.0 Å². The number of aliphatic imine (C=N–C) groups is 1. The summed E-state index contributed by atoms with van der Waals surface area (Å²) >= 11 is 0. The molecule has 0 rings (SSSR count). The van der Waals surface area contributed by atoms with Crippen LogP contribution < -0.4 is 33.6 Å². The molecule has 30 heavy (non-hydrogen) atoms. The first-order valence-corrected chi connectivity index (χ1v) is 9.64. The average Bonchev–Trinajstić information content (AvgIpc) is 2.66. The summed E-state index contributed by atoms with van der Waals surface area (Å²) in [6, 6.07) is -3.39. The van der Waals surface area contributed by atoms with Gasteiger partial charge in [0.05, 0.1) is 6.04 Å². The van der Waals surface area contributed by atoms with E-state index >= 15 is 0 Å². The van der Waals surface area contributed by atoms with Gasteiger partial charge in [-0.1, -0.05) is 0 Å². The molecule has 172 valence electrons. The van der Waals surface area contributed by atoms with Crippen LogP contribution in [0.4, 0.5) is 0 Å². The van der Waals surface area contributed by atoms with Crippen LogP contribution in [0.2, 0.25) is 0 Å². The van der Waals surface area contributed by atoms with Crippen LogP contribution in [-0.4, -0.2) is 71.1 Å². The van der Waals surface area contributed by atoms with E-state index in [9.17, 15) is 24.3 Å². The smallest absolute Gasteiger partial charge is 0.326 e. The second-order valence-electron chi connectivity index (χ2n) is 6.73. The Morgan fingerprint density at radius 2 is 1.50 bits per heavy atom. The zero-order valence-corrected chi connectivity index (χ0v) is 16.9. The van der Waals surface area contributed by atoms with Crippen LogP contribution in [0, 0.1) is 0 Å². The Labute approximate surface area is 174 Å². The zero-order valence-electron chi connectivity index (χ0n) is 16.9. The van der Waals surface area contributed by atoms with E-state index in [1.54, 1.807) is 0 Å². The van der Waals surface area contributed by atoms with Gasteiger partial charge in [0.15, 0.2) is 5.96 Å². The van der Waals surface area contributed by atoms with Crippen LogP contribution in [0.3, 0.4) is 0 Å². The number of carbonyl (C=O) groups excluding carboxylic acids is 2. The zero-order chi connectivity index (χ0) is 23.1. The van der Waals surface area contributed by atoms with Gasteiger partial charge in [0, 0.05) is 13.0 Å². The van der Waals surface area contributed by atoms with Crippen LogP contribution in [0.25, 0.3) is 0 Å². The summed E-state index contributed by atoms with van der Waals surface area (Å²) in [6.07, 6.45) is 1.26. The van der Waals surface area contributed by atoms with E-state index in [-0.39, 0.29) is 31.8 Å². The molecule has 0 spiro atoms. The van der Waals surface area contributed by atoms with Crippen molar-refractivity contribution in [2.24, 2.45) is 27.9 Å². The normalized spacial score (nSPS) is 13.5. The van der Waals surface area contributed by atoms with Crippen molar-refractivity contribution in [3.63, 3.8) is 0 Å². The molecule has 3 atom stereocenters. The standard InChI is InChI=1S/C17H33N7O6/c18-8-2-1-5-12(16(29)30)24-15(28)11(6-7-13(25)26)23-14(27)10(19)4-3-9-22-17(20)21/h10-12H,1-9,18-19H2,(H,23,27)(H,24,28)(H,25,26)(H,29,30)(H4,20,21,22)/t10-,11-,12-/m0/s1. The van der Waals surface area contributed by atoms with Gasteiger partial charge in [0.1, 0.15) is 12.1 Å². The molecular formula is C17H33N7O6. The molecule has 12 N–H and O–H groups in total. The van der Waals surface area contributed by atoms with Crippen molar-refractivity contribution in [2.75, 3.05) is 13.1 Å². The van der Waals surface area contributed by atoms with Crippen molar-refractivity contribution in [3.05, 3.63) is 0 Å². The van der Waals surface area contributed by atoms with E-state index in [2.05, 4.69) is 15.6 Å². The Kier molecular flexibility index (Phi) is 13.5. The molecule has 0 aliphatic carbocycles. The molecule has 0 heterocycles. The lowest BCUT2D eigenvalue weighted by atomic mass is 10.1. The summed E-state index contributed by atoms with van der Waals surface area (Å²) in [5, 5.41) is 22.9. The number of aliphatic carboxylic acids is 2. The monoisotopic (exact) mass is 431 g/mol. The number of guanidine groups is 1. The van der Waals surface area contributed by atoms with Crippen LogP contribution in [0.5, 0.6) is 0 Å². The molecule has 0 unspecified atom stereocenters. The highest BCUT2D eigenvalue weighted by Gasteiger charge is 2.28. The third kappa shape index (κ3) is 12.5. The van der Waals surface area contributed by atoms with Crippen LogP contribution in [0.15, 0.2) is 4.99 Å². The van der Waals surface area contributed by atoms with Crippen molar-refractivity contribution in [2.45, 2.75) is 63.1 Å². The molecule has 0 bridgehead atoms. The second kappa shape index (κ2) is 15.0. The van der Waals surface area contributed by atoms with Crippen molar-refractivity contribution in [1.29, 1.82) is 0 Å². The predicted octanol–water partition coefficient (Wildman–Crippen LogP) is -2.58. The van der Waals surface area contributed by atoms with Gasteiger partial charge >= 0.3 is 11.9 Å². The third-order valence-corrected chi connectivity index (χ3v) is 4.15. The number of hydrogen-bond acceptors (Lipinski definition) is 7. The Morgan fingerprint density at radius 3 is 2.03 bits per heavy atom. The molecule has 0 radical (unpaired) electrons. The van der Waals surface area contributed by atoms with Crippen LogP contribution >= 0.6 is 0 Å². The Balaban J connectivity index is 4.95. The molecule has 0 aromatic heterocycles. The van der Waals surface area contributed by atoms with Crippen LogP contribution in [0.1, 0.15) is 44.9 Å². The number of carboxylic acids is 2. The highest BCUT2D eigenvalue weighted by Crippen LogP contribution is 2.05. The molecule has 0 saturated heterocycles. The average molecular weight is 431 g/mol. The fourth-order valence-electron chi connectivity index (χ4n) is 2.49. The minimum atomic E-state index is -1.24. The molecule has 2 amide bonds. The lowest BCUT2D eigenvalue weighted by Gasteiger charge is -2.22. The first-order chi connectivity index (χ1) is 14.1. The molecular weight excluding hydrogens is 398 g/mol. The predicted molar refractivity (Wildman–Crippen MR) is 109 cm³/mol. The van der Waals surface area contributed by atoms with Crippen molar-refractivity contribution in [1.82, 2.24) is 10.6 Å². The van der Waals surface area contributed by atoms with Crippen molar-refractivity contribution < 1.29 is 29.4 Å². The maximum Gasteiger partial charge on any atom is 0.326 e. The Hall–Kier alpha value is -2.93. The Morgan fingerprint density at radius 1 is 0.867 bits per heavy atom. The van der Waals surface area contributed by atoms with E-state index in [0.29, 0.717) is 25.8 Å². The number of nitrogens with one attached hydrogen (secondary N) is 2. The highest BCUT2D eigenvalue weighted by molar-refractivity contribution is 5.92. The molecule has 0 fully saturated rings. The van der Waals surface area contributed by atoms with Crippen molar-refractivity contribution in [3.8, 4) is 0 Å². The van der Waals surface area contributed by atoms with Crippen LogP contribution in [-0.2, 0) is 19.2 Å². The minimum Gasteiger partial charge on any atom is -0.481 e. The van der Waals surface area contributed by atoms with Gasteiger partial charge < -0.3 is 43.8 Å². The molecule has 0 aromatic carbocycles. The summed E-state index contributed by atoms with van der Waals surface area (Å²) in [5.41, 5.74) is 21.6. The topological polar surface area (TPSA) is 249 Å². The second-order valence-corrected chi connectivity index (χ2v) is 6.73. The highest BCUT2D eigenvalue weighted by atomic mass is 16.4. The van der Waals surface area contributed by atoms with Gasteiger partial charge in [0.2, 0.25) is 11.8 Å². The summed E-state index contributed by atoms with van der Waals surface area (Å²) in [7, 11) is 0. The summed E-state index contributed by atoms with van der Waals surface area (Å²) in [4.78, 5) is 50.8. The number of rotatable bonds is 16. The molecule has 13 nitrogen and oxygen atoms in total. The van der Waals surface area contributed by atoms with Gasteiger partial charge in [-0.25, -0.2) is 4.79 Å². The van der Waals surface area contributed by atoms with Crippen molar-refractivity contribution >= 4 is 29.7 Å². The first-order valence-electron chi connectivity index (χ1n) is 9.64. The molecule has 0 aliphatic rings. The minimum absolute atomic E-state index is 0.0853. The number of nitrogens with two attached hydrogens (primary N) is 4. The van der Waals surface area contributed by atoms with E-state index < -0.39 is 48.3 Å². The number of carbonyl (C=O) groups is 4. The van der Waals surface area contributed by atoms with Gasteiger partial charge in [-0.05, 0) is 45.1 Å². The fraction of sp³-hybridized carbons (Fsp3) is 0.706. The summed E-state index contributed by atoms with van der Waals surface area (Å²) < 4.78 is 0. The lowest BCUT2D eigenvalue weighted by molar-refractivity contribution is -0.143. The first kappa shape index (κ1) is 27.1. The molecule has 0 aliphatic heterocycles. The quantitative estimate of drug-likeness (QED) is 0.0719. The van der Waals surface area contributed by atoms with E-state index in [1.165, 1.54) is 0 Å². The Bertz CT molecular complexity index is 609. The number of nitrogens with zero attached hydrogens (tertiary/aromatic N) is 1. The van der Waals surface area contributed by atoms with Gasteiger partial charge in [0.25, 0.3) is 0 Å². The maximum atomic E-state index is 12.5. The van der Waals surface area contributed by atoms with Gasteiger partial charge in [-0.3, -0.25) is 19.4 Å². The van der Waals surface area contributed by atoms with Gasteiger partial charge in [-0.15, -0.1) is 0 Å². The molecule has 0 saturated carbocycles. The SMILES string of the molecule is NCCCC[C@H](NC(=O)[C@H](CCC(=O)O)NC(=O)[C@@H](N)CCCN=C(N)N)C(=O)O. The molecule has 0 aromatic rings. The van der Waals surface area contributed by atoms with E-state index in [1.807, 2.05) is 0 Å². The van der Waals surface area contributed by atoms with E-state index in [0.717, 1.165) is 0 Å². The number of hydrogen-bond donors (Lipinski definition) is 8. The largest absolute Gasteiger partial charge is 0.481 e. The summed E-state index contributed by atoms with van der Waals surface area (Å²) in [5.74, 6) is -3.95. The fourth-order valence-corrected chi connectivity index (χ4v) is 2.49.